The Morgan fingerprint density at radius 1 is 0.930 bits per heavy atom. The number of aromatic nitrogens is 1. The van der Waals surface area contributed by atoms with Crippen LogP contribution in [0.4, 0.5) is 0 Å². The van der Waals surface area contributed by atoms with E-state index in [1.807, 2.05) is 66.7 Å². The number of thiazole rings is 1. The first-order valence-corrected chi connectivity index (χ1v) is 14.4. The summed E-state index contributed by atoms with van der Waals surface area (Å²) in [5.41, 5.74) is 3.05. The second-order valence-corrected chi connectivity index (χ2v) is 10.6. The van der Waals surface area contributed by atoms with Crippen molar-refractivity contribution < 1.29 is 23.5 Å². The number of hydrogen-bond acceptors (Lipinski definition) is 8. The summed E-state index contributed by atoms with van der Waals surface area (Å²) in [5, 5.41) is 0. The number of hydrogen-bond donors (Lipinski definition) is 0. The first-order chi connectivity index (χ1) is 21.0. The number of carbonyl (C=O) groups is 2. The molecule has 0 saturated heterocycles. The lowest BCUT2D eigenvalue weighted by atomic mass is 9.93. The third-order valence-electron chi connectivity index (χ3n) is 6.96. The van der Waals surface area contributed by atoms with Gasteiger partial charge in [-0.25, -0.2) is 14.6 Å². The van der Waals surface area contributed by atoms with E-state index in [1.54, 1.807) is 47.9 Å². The van der Waals surface area contributed by atoms with Crippen LogP contribution in [0.15, 0.2) is 117 Å². The molecule has 9 heteroatoms. The van der Waals surface area contributed by atoms with E-state index in [4.69, 9.17) is 18.9 Å². The van der Waals surface area contributed by atoms with Gasteiger partial charge in [0.15, 0.2) is 4.80 Å². The number of rotatable bonds is 7. The summed E-state index contributed by atoms with van der Waals surface area (Å²) < 4.78 is 18.3. The molecule has 0 saturated carbocycles. The molecule has 0 bridgehead atoms. The quantitative estimate of drug-likeness (QED) is 0.248. The first-order valence-electron chi connectivity index (χ1n) is 13.6. The van der Waals surface area contributed by atoms with Crippen molar-refractivity contribution in [3.05, 3.63) is 145 Å². The second kappa shape index (κ2) is 11.9. The number of fused-ring (bicyclic) bond motifs is 1. The summed E-state index contributed by atoms with van der Waals surface area (Å²) in [7, 11) is 1.33. The molecule has 0 radical (unpaired) electrons. The Bertz CT molecular complexity index is 2040. The Hall–Kier alpha value is -5.28. The zero-order chi connectivity index (χ0) is 29.9. The van der Waals surface area contributed by atoms with E-state index >= 15 is 0 Å². The van der Waals surface area contributed by atoms with Gasteiger partial charge in [-0.1, -0.05) is 84.1 Å². The van der Waals surface area contributed by atoms with Gasteiger partial charge in [0.1, 0.15) is 11.5 Å². The minimum absolute atomic E-state index is 0.180. The smallest absolute Gasteiger partial charge is 0.338 e. The third kappa shape index (κ3) is 5.38. The Morgan fingerprint density at radius 2 is 1.65 bits per heavy atom. The van der Waals surface area contributed by atoms with E-state index in [1.165, 1.54) is 18.4 Å². The van der Waals surface area contributed by atoms with Gasteiger partial charge in [0, 0.05) is 17.2 Å². The molecule has 0 unspecified atom stereocenters. The topological polar surface area (TPSA) is 100 Å². The molecule has 0 aliphatic carbocycles. The van der Waals surface area contributed by atoms with Crippen molar-refractivity contribution in [2.75, 3.05) is 13.7 Å². The highest BCUT2D eigenvalue weighted by Gasteiger charge is 2.35. The van der Waals surface area contributed by atoms with E-state index in [9.17, 15) is 14.4 Å². The maximum Gasteiger partial charge on any atom is 0.338 e. The van der Waals surface area contributed by atoms with Crippen molar-refractivity contribution in [2.45, 2.75) is 13.0 Å². The van der Waals surface area contributed by atoms with Gasteiger partial charge in [0.25, 0.3) is 5.56 Å². The van der Waals surface area contributed by atoms with Crippen molar-refractivity contribution in [3.8, 4) is 11.3 Å². The minimum Gasteiger partial charge on any atom is -0.465 e. The van der Waals surface area contributed by atoms with Crippen LogP contribution in [-0.2, 0) is 14.3 Å². The number of ether oxygens (including phenoxy) is 2. The Morgan fingerprint density at radius 3 is 2.37 bits per heavy atom. The molecular formula is C34H26N2O6S. The monoisotopic (exact) mass is 590 g/mol. The lowest BCUT2D eigenvalue weighted by molar-refractivity contribution is -0.138. The molecule has 0 fully saturated rings. The van der Waals surface area contributed by atoms with Crippen molar-refractivity contribution in [2.24, 2.45) is 4.99 Å². The number of methoxy groups -OCH3 is 1. The third-order valence-corrected chi connectivity index (χ3v) is 7.94. The first kappa shape index (κ1) is 27.9. The van der Waals surface area contributed by atoms with Gasteiger partial charge in [0.2, 0.25) is 0 Å². The molecular weight excluding hydrogens is 564 g/mol. The van der Waals surface area contributed by atoms with E-state index in [0.29, 0.717) is 43.3 Å². The molecule has 43 heavy (non-hydrogen) atoms. The van der Waals surface area contributed by atoms with Gasteiger partial charge in [-0.2, -0.15) is 0 Å². The Labute approximate surface area is 250 Å². The van der Waals surface area contributed by atoms with Gasteiger partial charge >= 0.3 is 11.9 Å². The standard InChI is InChI=1S/C34H26N2O6S/c1-3-41-33(39)28-29(21-11-6-4-7-12-21)35-34-36(30(28)22-13-8-5-9-14-22)31(37)27(43-34)20-25-17-18-26(42-25)23-15-10-16-24(19-23)32(38)40-2/h4-20,30H,3H2,1-2H3/b27-20-/t30-/m0/s1. The van der Waals surface area contributed by atoms with Gasteiger partial charge in [-0.05, 0) is 36.8 Å². The van der Waals surface area contributed by atoms with Crippen LogP contribution in [-0.4, -0.2) is 30.2 Å². The van der Waals surface area contributed by atoms with Crippen LogP contribution in [0.25, 0.3) is 23.1 Å². The van der Waals surface area contributed by atoms with Crippen LogP contribution < -0.4 is 14.9 Å². The molecule has 2 aromatic heterocycles. The van der Waals surface area contributed by atoms with Gasteiger partial charge < -0.3 is 13.9 Å². The maximum absolute atomic E-state index is 14.0. The molecule has 3 heterocycles. The van der Waals surface area contributed by atoms with Crippen LogP contribution in [0.3, 0.4) is 0 Å². The fourth-order valence-corrected chi connectivity index (χ4v) is 6.00. The summed E-state index contributed by atoms with van der Waals surface area (Å²) in [4.78, 5) is 44.8. The molecule has 0 spiro atoms. The molecule has 214 valence electrons. The van der Waals surface area contributed by atoms with E-state index in [0.717, 1.165) is 11.1 Å². The second-order valence-electron chi connectivity index (χ2n) is 9.62. The van der Waals surface area contributed by atoms with Crippen LogP contribution in [0.5, 0.6) is 0 Å². The molecule has 0 amide bonds. The highest BCUT2D eigenvalue weighted by molar-refractivity contribution is 7.07. The lowest BCUT2D eigenvalue weighted by Crippen LogP contribution is -2.39. The maximum atomic E-state index is 14.0. The van der Waals surface area contributed by atoms with Crippen molar-refractivity contribution in [1.29, 1.82) is 0 Å². The fraction of sp³-hybridized carbons (Fsp3) is 0.118. The SMILES string of the molecule is CCOC(=O)C1=C(c2ccccc2)N=c2s/c(=C\c3ccc(-c4cccc(C(=O)OC)c4)o3)c(=O)n2[C@H]1c1ccccc1. The van der Waals surface area contributed by atoms with Crippen molar-refractivity contribution in [3.63, 3.8) is 0 Å². The van der Waals surface area contributed by atoms with E-state index < -0.39 is 18.0 Å². The summed E-state index contributed by atoms with van der Waals surface area (Å²) in [6.07, 6.45) is 1.66. The van der Waals surface area contributed by atoms with Crippen molar-refractivity contribution >= 4 is 35.0 Å². The van der Waals surface area contributed by atoms with Crippen LogP contribution in [0, 0.1) is 0 Å². The fourth-order valence-electron chi connectivity index (χ4n) is 5.02. The van der Waals surface area contributed by atoms with Gasteiger partial charge in [-0.3, -0.25) is 9.36 Å². The van der Waals surface area contributed by atoms with Crippen LogP contribution in [0.2, 0.25) is 0 Å². The van der Waals surface area contributed by atoms with E-state index in [2.05, 4.69) is 0 Å². The average molecular weight is 591 g/mol. The minimum atomic E-state index is -0.748. The molecule has 8 nitrogen and oxygen atoms in total. The largest absolute Gasteiger partial charge is 0.465 e. The number of carbonyl (C=O) groups excluding carboxylic acids is 2. The predicted molar refractivity (Wildman–Crippen MR) is 163 cm³/mol. The predicted octanol–water partition coefficient (Wildman–Crippen LogP) is 4.98. The summed E-state index contributed by atoms with van der Waals surface area (Å²) in [6, 6.07) is 28.5. The van der Waals surface area contributed by atoms with Gasteiger partial charge in [0.05, 0.1) is 41.1 Å². The molecule has 6 rings (SSSR count). The van der Waals surface area contributed by atoms with Crippen LogP contribution in [0.1, 0.15) is 40.2 Å². The highest BCUT2D eigenvalue weighted by Crippen LogP contribution is 2.35. The molecule has 1 atom stereocenters. The van der Waals surface area contributed by atoms with Crippen molar-refractivity contribution in [1.82, 2.24) is 4.57 Å². The summed E-state index contributed by atoms with van der Waals surface area (Å²) in [5.74, 6) is 0.00801. The number of benzene rings is 3. The zero-order valence-electron chi connectivity index (χ0n) is 23.4. The molecule has 3 aromatic carbocycles. The van der Waals surface area contributed by atoms with Gasteiger partial charge in [-0.15, -0.1) is 0 Å². The van der Waals surface area contributed by atoms with E-state index in [-0.39, 0.29) is 12.2 Å². The normalized spacial score (nSPS) is 14.7. The Balaban J connectivity index is 1.51. The van der Waals surface area contributed by atoms with Crippen LogP contribution >= 0.6 is 11.3 Å². The highest BCUT2D eigenvalue weighted by atomic mass is 32.1. The molecule has 1 aliphatic heterocycles. The number of nitrogens with zero attached hydrogens (tertiary/aromatic N) is 2. The average Bonchev–Trinajstić information content (AvgIpc) is 3.65. The summed E-state index contributed by atoms with van der Waals surface area (Å²) in [6.45, 7) is 1.93. The number of esters is 2. The molecule has 1 aliphatic rings. The zero-order valence-corrected chi connectivity index (χ0v) is 24.2. The number of furan rings is 1. The Kier molecular flexibility index (Phi) is 7.72. The molecule has 5 aromatic rings. The lowest BCUT2D eigenvalue weighted by Gasteiger charge is -2.25. The molecule has 0 N–H and O–H groups in total. The summed E-state index contributed by atoms with van der Waals surface area (Å²) >= 11 is 1.22.